The van der Waals surface area contributed by atoms with Crippen molar-refractivity contribution in [1.82, 2.24) is 0 Å². The lowest BCUT2D eigenvalue weighted by Gasteiger charge is -2.18. The van der Waals surface area contributed by atoms with Crippen LogP contribution < -0.4 is 0 Å². The molecule has 0 heterocycles. The van der Waals surface area contributed by atoms with Gasteiger partial charge in [0, 0.05) is 19.3 Å². The molecule has 0 aliphatic heterocycles. The average Bonchev–Trinajstić information content (AvgIpc) is 3.28. The highest BCUT2D eigenvalue weighted by Gasteiger charge is 2.19. The van der Waals surface area contributed by atoms with E-state index in [1.807, 2.05) is 24.3 Å². The SMILES string of the molecule is CC\C=C/C=C\C=C/C=C\CCCCCCCC(=O)OC(COC(=O)CCCC/C=C\C/C=C\C/C=C\CC)COC(=O)CCCCCCC\C=C/C=C\C=C/CCCCCCC. The first-order valence-corrected chi connectivity index (χ1v) is 25.1. The Hall–Kier alpha value is -4.19. The van der Waals surface area contributed by atoms with E-state index in [-0.39, 0.29) is 37.5 Å². The minimum atomic E-state index is -0.817. The van der Waals surface area contributed by atoms with Gasteiger partial charge >= 0.3 is 17.9 Å². The molecular formula is C57H90O6. The van der Waals surface area contributed by atoms with Gasteiger partial charge in [-0.25, -0.2) is 0 Å². The van der Waals surface area contributed by atoms with Crippen molar-refractivity contribution in [2.45, 2.75) is 207 Å². The Morgan fingerprint density at radius 2 is 0.698 bits per heavy atom. The third kappa shape index (κ3) is 48.7. The lowest BCUT2D eigenvalue weighted by molar-refractivity contribution is -0.167. The van der Waals surface area contributed by atoms with Gasteiger partial charge in [0.05, 0.1) is 0 Å². The molecule has 1 atom stereocenters. The van der Waals surface area contributed by atoms with E-state index in [4.69, 9.17) is 14.2 Å². The van der Waals surface area contributed by atoms with Crippen LogP contribution in [-0.2, 0) is 28.6 Å². The fourth-order valence-electron chi connectivity index (χ4n) is 6.35. The van der Waals surface area contributed by atoms with E-state index in [0.29, 0.717) is 19.3 Å². The summed E-state index contributed by atoms with van der Waals surface area (Å²) in [6.45, 7) is 6.27. The fourth-order valence-corrected chi connectivity index (χ4v) is 6.35. The van der Waals surface area contributed by atoms with Crippen molar-refractivity contribution in [3.63, 3.8) is 0 Å². The van der Waals surface area contributed by atoms with Crippen LogP contribution >= 0.6 is 0 Å². The smallest absolute Gasteiger partial charge is 0.306 e. The van der Waals surface area contributed by atoms with Crippen molar-refractivity contribution in [2.24, 2.45) is 0 Å². The Morgan fingerprint density at radius 1 is 0.349 bits per heavy atom. The number of rotatable bonds is 43. The predicted molar refractivity (Wildman–Crippen MR) is 269 cm³/mol. The Bertz CT molecular complexity index is 1370. The largest absolute Gasteiger partial charge is 0.462 e. The molecule has 0 aromatic carbocycles. The summed E-state index contributed by atoms with van der Waals surface area (Å²) >= 11 is 0. The maximum absolute atomic E-state index is 12.8. The average molecular weight is 871 g/mol. The molecule has 0 aromatic rings. The highest BCUT2D eigenvalue weighted by atomic mass is 16.6. The van der Waals surface area contributed by atoms with Gasteiger partial charge in [0.1, 0.15) is 13.2 Å². The minimum absolute atomic E-state index is 0.115. The summed E-state index contributed by atoms with van der Waals surface area (Å²) < 4.78 is 16.7. The summed E-state index contributed by atoms with van der Waals surface area (Å²) in [6, 6.07) is 0. The molecule has 1 unspecified atom stereocenters. The molecule has 0 aliphatic carbocycles. The maximum Gasteiger partial charge on any atom is 0.306 e. The Kier molecular flexibility index (Phi) is 47.1. The number of carbonyl (C=O) groups excluding carboxylic acids is 3. The van der Waals surface area contributed by atoms with Gasteiger partial charge in [0.2, 0.25) is 0 Å². The highest BCUT2D eigenvalue weighted by molar-refractivity contribution is 5.71. The van der Waals surface area contributed by atoms with E-state index in [1.165, 1.54) is 32.1 Å². The van der Waals surface area contributed by atoms with E-state index >= 15 is 0 Å². The topological polar surface area (TPSA) is 78.9 Å². The van der Waals surface area contributed by atoms with Gasteiger partial charge in [0.25, 0.3) is 0 Å². The molecule has 0 N–H and O–H groups in total. The van der Waals surface area contributed by atoms with Crippen molar-refractivity contribution in [1.29, 1.82) is 0 Å². The molecule has 0 fully saturated rings. The third-order valence-electron chi connectivity index (χ3n) is 10.1. The Labute approximate surface area is 386 Å². The van der Waals surface area contributed by atoms with Crippen LogP contribution in [0.1, 0.15) is 201 Å². The second kappa shape index (κ2) is 50.5. The van der Waals surface area contributed by atoms with E-state index in [1.54, 1.807) is 0 Å². The van der Waals surface area contributed by atoms with Crippen LogP contribution in [0.3, 0.4) is 0 Å². The zero-order chi connectivity index (χ0) is 45.8. The molecule has 0 aromatic heterocycles. The van der Waals surface area contributed by atoms with Crippen LogP contribution in [0.25, 0.3) is 0 Å². The number of ether oxygens (including phenoxy) is 3. The van der Waals surface area contributed by atoms with Crippen molar-refractivity contribution in [2.75, 3.05) is 13.2 Å². The van der Waals surface area contributed by atoms with Crippen LogP contribution in [0.4, 0.5) is 0 Å². The van der Waals surface area contributed by atoms with Crippen LogP contribution in [0.5, 0.6) is 0 Å². The highest BCUT2D eigenvalue weighted by Crippen LogP contribution is 2.12. The fraction of sp³-hybridized carbons (Fsp3) is 0.596. The van der Waals surface area contributed by atoms with Gasteiger partial charge in [-0.15, -0.1) is 0 Å². The lowest BCUT2D eigenvalue weighted by atomic mass is 10.1. The summed E-state index contributed by atoms with van der Waals surface area (Å²) in [7, 11) is 0. The molecule has 0 amide bonds. The van der Waals surface area contributed by atoms with E-state index < -0.39 is 6.10 Å². The molecule has 0 rings (SSSR count). The van der Waals surface area contributed by atoms with Crippen LogP contribution in [-0.4, -0.2) is 37.2 Å². The molecule has 0 aliphatic rings. The van der Waals surface area contributed by atoms with E-state index in [2.05, 4.69) is 118 Å². The number of hydrogen-bond donors (Lipinski definition) is 0. The summed E-state index contributed by atoms with van der Waals surface area (Å²) in [5.41, 5.74) is 0. The zero-order valence-electron chi connectivity index (χ0n) is 40.3. The molecule has 0 spiro atoms. The number of allylic oxidation sites excluding steroid dienone is 20. The molecule has 0 saturated heterocycles. The second-order valence-electron chi connectivity index (χ2n) is 16.1. The lowest BCUT2D eigenvalue weighted by Crippen LogP contribution is -2.30. The zero-order valence-corrected chi connectivity index (χ0v) is 40.3. The third-order valence-corrected chi connectivity index (χ3v) is 10.1. The van der Waals surface area contributed by atoms with Gasteiger partial charge in [0.15, 0.2) is 6.10 Å². The number of esters is 3. The molecule has 0 saturated carbocycles. The number of hydrogen-bond acceptors (Lipinski definition) is 6. The number of carbonyl (C=O) groups is 3. The first-order valence-electron chi connectivity index (χ1n) is 25.1. The normalized spacial score (nSPS) is 13.1. The molecule has 6 nitrogen and oxygen atoms in total. The minimum Gasteiger partial charge on any atom is -0.462 e. The summed E-state index contributed by atoms with van der Waals surface area (Å²) in [4.78, 5) is 37.9. The van der Waals surface area contributed by atoms with Gasteiger partial charge < -0.3 is 14.2 Å². The molecule has 0 bridgehead atoms. The monoisotopic (exact) mass is 871 g/mol. The van der Waals surface area contributed by atoms with E-state index in [9.17, 15) is 14.4 Å². The summed E-state index contributed by atoms with van der Waals surface area (Å²) in [6.07, 6.45) is 68.9. The molecule has 63 heavy (non-hydrogen) atoms. The summed E-state index contributed by atoms with van der Waals surface area (Å²) in [5.74, 6) is -1.01. The second-order valence-corrected chi connectivity index (χ2v) is 16.1. The van der Waals surface area contributed by atoms with Crippen LogP contribution in [0.15, 0.2) is 122 Å². The molecular weight excluding hydrogens is 781 g/mol. The van der Waals surface area contributed by atoms with Crippen molar-refractivity contribution in [3.05, 3.63) is 122 Å². The van der Waals surface area contributed by atoms with Crippen molar-refractivity contribution >= 4 is 17.9 Å². The molecule has 0 radical (unpaired) electrons. The van der Waals surface area contributed by atoms with Gasteiger partial charge in [-0.2, -0.15) is 0 Å². The number of unbranched alkanes of at least 4 members (excludes halogenated alkanes) is 17. The van der Waals surface area contributed by atoms with Gasteiger partial charge in [-0.1, -0.05) is 206 Å². The molecule has 6 heteroatoms. The van der Waals surface area contributed by atoms with Crippen LogP contribution in [0, 0.1) is 0 Å². The van der Waals surface area contributed by atoms with Crippen molar-refractivity contribution in [3.8, 4) is 0 Å². The standard InChI is InChI=1S/C57H90O6/c1-4-7-10-13-16-19-22-25-27-28-29-31-32-35-38-41-44-47-50-56(59)62-53-54(52-61-55(58)49-46-43-40-37-34-24-21-18-15-12-9-6-3)63-57(60)51-48-45-42-39-36-33-30-26-23-20-17-14-11-8-5-2/h8-9,11-12,14,17-18,20-23,25-31,34,37,54H,4-7,10,13,15-16,19,24,32-33,35-36,38-53H2,1-3H3/b11-8-,12-9-,17-14-,21-18-,23-20-,25-22-,28-27-,30-26-,31-29-,37-34-. The van der Waals surface area contributed by atoms with Gasteiger partial charge in [-0.05, 0) is 96.3 Å². The maximum atomic E-state index is 12.8. The van der Waals surface area contributed by atoms with Crippen LogP contribution in [0.2, 0.25) is 0 Å². The van der Waals surface area contributed by atoms with E-state index in [0.717, 1.165) is 122 Å². The first-order chi connectivity index (χ1) is 31.0. The van der Waals surface area contributed by atoms with Gasteiger partial charge in [-0.3, -0.25) is 14.4 Å². The predicted octanol–water partition coefficient (Wildman–Crippen LogP) is 16.5. The quantitative estimate of drug-likeness (QED) is 0.0200. The Morgan fingerprint density at radius 3 is 1.19 bits per heavy atom. The summed E-state index contributed by atoms with van der Waals surface area (Å²) in [5, 5.41) is 0. The first kappa shape index (κ1) is 58.8. The van der Waals surface area contributed by atoms with Crippen molar-refractivity contribution < 1.29 is 28.6 Å². The Balaban J connectivity index is 4.53. The molecule has 354 valence electrons.